The van der Waals surface area contributed by atoms with Gasteiger partial charge in [-0.2, -0.15) is 0 Å². The summed E-state index contributed by atoms with van der Waals surface area (Å²) in [6.45, 7) is 6.07. The standard InChI is InChI=1S/C12H16N4O/c1-8-5-11-12(6-9(8)2)16(14-13-11)7-15(4)10(3)17/h5-6H,7H2,1-4H3. The lowest BCUT2D eigenvalue weighted by molar-refractivity contribution is -0.129. The van der Waals surface area contributed by atoms with Crippen molar-refractivity contribution < 1.29 is 4.79 Å². The predicted octanol–water partition coefficient (Wildman–Crippen LogP) is 1.48. The fourth-order valence-corrected chi connectivity index (χ4v) is 1.63. The number of aromatic nitrogens is 3. The van der Waals surface area contributed by atoms with Gasteiger partial charge in [0.2, 0.25) is 5.91 Å². The minimum Gasteiger partial charge on any atom is -0.326 e. The first kappa shape index (κ1) is 11.6. The second-order valence-corrected chi connectivity index (χ2v) is 4.37. The quantitative estimate of drug-likeness (QED) is 0.788. The number of aryl methyl sites for hydroxylation is 2. The molecule has 1 aromatic carbocycles. The maximum atomic E-state index is 11.2. The van der Waals surface area contributed by atoms with Gasteiger partial charge in [-0.05, 0) is 37.1 Å². The van der Waals surface area contributed by atoms with E-state index in [2.05, 4.69) is 30.2 Å². The Morgan fingerprint density at radius 3 is 2.65 bits per heavy atom. The van der Waals surface area contributed by atoms with E-state index in [4.69, 9.17) is 0 Å². The van der Waals surface area contributed by atoms with Gasteiger partial charge in [0.1, 0.15) is 12.2 Å². The molecule has 5 heteroatoms. The number of fused-ring (bicyclic) bond motifs is 1. The van der Waals surface area contributed by atoms with Crippen molar-refractivity contribution in [1.29, 1.82) is 0 Å². The molecule has 1 amide bonds. The van der Waals surface area contributed by atoms with Gasteiger partial charge in [-0.15, -0.1) is 5.10 Å². The largest absolute Gasteiger partial charge is 0.326 e. The highest BCUT2D eigenvalue weighted by Gasteiger charge is 2.09. The van der Waals surface area contributed by atoms with E-state index in [1.165, 1.54) is 18.1 Å². The van der Waals surface area contributed by atoms with Crippen molar-refractivity contribution in [3.8, 4) is 0 Å². The molecule has 5 nitrogen and oxygen atoms in total. The lowest BCUT2D eigenvalue weighted by Crippen LogP contribution is -2.27. The van der Waals surface area contributed by atoms with E-state index in [-0.39, 0.29) is 5.91 Å². The first-order valence-corrected chi connectivity index (χ1v) is 5.51. The zero-order valence-corrected chi connectivity index (χ0v) is 10.6. The monoisotopic (exact) mass is 232 g/mol. The summed E-state index contributed by atoms with van der Waals surface area (Å²) in [5.74, 6) is 0.0116. The summed E-state index contributed by atoms with van der Waals surface area (Å²) in [6.07, 6.45) is 0. The van der Waals surface area contributed by atoms with Crippen LogP contribution < -0.4 is 0 Å². The van der Waals surface area contributed by atoms with Gasteiger partial charge in [0.25, 0.3) is 0 Å². The van der Waals surface area contributed by atoms with Crippen LogP contribution in [0.5, 0.6) is 0 Å². The van der Waals surface area contributed by atoms with Gasteiger partial charge in [-0.1, -0.05) is 5.21 Å². The molecule has 0 atom stereocenters. The number of carbonyl (C=O) groups is 1. The van der Waals surface area contributed by atoms with Gasteiger partial charge in [0, 0.05) is 14.0 Å². The zero-order valence-electron chi connectivity index (χ0n) is 10.6. The van der Waals surface area contributed by atoms with Gasteiger partial charge < -0.3 is 4.90 Å². The Balaban J connectivity index is 2.42. The third-order valence-corrected chi connectivity index (χ3v) is 3.01. The molecule has 0 aliphatic carbocycles. The zero-order chi connectivity index (χ0) is 12.6. The van der Waals surface area contributed by atoms with E-state index in [1.54, 1.807) is 16.6 Å². The summed E-state index contributed by atoms with van der Waals surface area (Å²) in [4.78, 5) is 12.8. The number of rotatable bonds is 2. The summed E-state index contributed by atoms with van der Waals surface area (Å²) in [5.41, 5.74) is 4.22. The first-order valence-electron chi connectivity index (χ1n) is 5.51. The van der Waals surface area contributed by atoms with E-state index in [0.29, 0.717) is 6.67 Å². The van der Waals surface area contributed by atoms with Crippen LogP contribution in [0.1, 0.15) is 18.1 Å². The van der Waals surface area contributed by atoms with Crippen LogP contribution in [-0.2, 0) is 11.5 Å². The van der Waals surface area contributed by atoms with Gasteiger partial charge in [-0.3, -0.25) is 4.79 Å². The fraction of sp³-hybridized carbons (Fsp3) is 0.417. The maximum absolute atomic E-state index is 11.2. The molecule has 90 valence electrons. The molecule has 2 aromatic rings. The minimum absolute atomic E-state index is 0.0116. The molecule has 0 saturated carbocycles. The molecule has 1 heterocycles. The SMILES string of the molecule is CC(=O)N(C)Cn1nnc2cc(C)c(C)cc21. The van der Waals surface area contributed by atoms with Crippen molar-refractivity contribution in [2.45, 2.75) is 27.4 Å². The summed E-state index contributed by atoms with van der Waals surface area (Å²) in [5, 5.41) is 8.18. The normalized spacial score (nSPS) is 10.8. The summed E-state index contributed by atoms with van der Waals surface area (Å²) in [6, 6.07) is 4.07. The number of nitrogens with zero attached hydrogens (tertiary/aromatic N) is 4. The van der Waals surface area contributed by atoms with Crippen LogP contribution in [-0.4, -0.2) is 32.8 Å². The van der Waals surface area contributed by atoms with Gasteiger partial charge in [0.15, 0.2) is 0 Å². The van der Waals surface area contributed by atoms with Crippen molar-refractivity contribution in [1.82, 2.24) is 19.9 Å². The van der Waals surface area contributed by atoms with E-state index >= 15 is 0 Å². The molecular formula is C12H16N4O. The molecule has 2 rings (SSSR count). The molecular weight excluding hydrogens is 216 g/mol. The van der Waals surface area contributed by atoms with Crippen molar-refractivity contribution in [2.75, 3.05) is 7.05 Å². The molecule has 1 aromatic heterocycles. The van der Waals surface area contributed by atoms with Crippen molar-refractivity contribution in [3.05, 3.63) is 23.3 Å². The summed E-state index contributed by atoms with van der Waals surface area (Å²) >= 11 is 0. The molecule has 0 spiro atoms. The summed E-state index contributed by atoms with van der Waals surface area (Å²) in [7, 11) is 1.75. The fourth-order valence-electron chi connectivity index (χ4n) is 1.63. The lowest BCUT2D eigenvalue weighted by Gasteiger charge is -2.14. The molecule has 0 saturated heterocycles. The number of carbonyl (C=O) groups excluding carboxylic acids is 1. The Bertz CT molecular complexity index is 573. The Labute approximate surface area is 100 Å². The minimum atomic E-state index is 0.0116. The smallest absolute Gasteiger partial charge is 0.220 e. The average Bonchev–Trinajstić information content (AvgIpc) is 2.62. The van der Waals surface area contributed by atoms with Crippen molar-refractivity contribution in [2.24, 2.45) is 0 Å². The van der Waals surface area contributed by atoms with Crippen LogP contribution in [0.3, 0.4) is 0 Å². The second-order valence-electron chi connectivity index (χ2n) is 4.37. The molecule has 0 aliphatic rings. The molecule has 17 heavy (non-hydrogen) atoms. The third kappa shape index (κ3) is 2.13. The van der Waals surface area contributed by atoms with E-state index < -0.39 is 0 Å². The highest BCUT2D eigenvalue weighted by atomic mass is 16.2. The van der Waals surface area contributed by atoms with Crippen LogP contribution in [0, 0.1) is 13.8 Å². The van der Waals surface area contributed by atoms with E-state index in [0.717, 1.165) is 11.0 Å². The lowest BCUT2D eigenvalue weighted by atomic mass is 10.1. The second kappa shape index (κ2) is 4.16. The Kier molecular flexibility index (Phi) is 2.83. The van der Waals surface area contributed by atoms with Crippen LogP contribution >= 0.6 is 0 Å². The highest BCUT2D eigenvalue weighted by Crippen LogP contribution is 2.17. The third-order valence-electron chi connectivity index (χ3n) is 3.01. The topological polar surface area (TPSA) is 51.0 Å². The highest BCUT2D eigenvalue weighted by molar-refractivity contribution is 5.77. The Morgan fingerprint density at radius 2 is 2.00 bits per heavy atom. The Hall–Kier alpha value is -1.91. The number of benzene rings is 1. The first-order chi connectivity index (χ1) is 7.99. The van der Waals surface area contributed by atoms with E-state index in [1.807, 2.05) is 6.07 Å². The average molecular weight is 232 g/mol. The molecule has 0 N–H and O–H groups in total. The Morgan fingerprint density at radius 1 is 1.35 bits per heavy atom. The molecule has 0 bridgehead atoms. The number of hydrogen-bond donors (Lipinski definition) is 0. The van der Waals surface area contributed by atoms with E-state index in [9.17, 15) is 4.79 Å². The van der Waals surface area contributed by atoms with Crippen LogP contribution in [0.15, 0.2) is 12.1 Å². The molecule has 0 radical (unpaired) electrons. The summed E-state index contributed by atoms with van der Waals surface area (Å²) < 4.78 is 1.74. The van der Waals surface area contributed by atoms with Gasteiger partial charge in [-0.25, -0.2) is 4.68 Å². The van der Waals surface area contributed by atoms with Gasteiger partial charge >= 0.3 is 0 Å². The van der Waals surface area contributed by atoms with Crippen molar-refractivity contribution >= 4 is 16.9 Å². The van der Waals surface area contributed by atoms with Crippen LogP contribution in [0.2, 0.25) is 0 Å². The van der Waals surface area contributed by atoms with Crippen molar-refractivity contribution in [3.63, 3.8) is 0 Å². The predicted molar refractivity (Wildman–Crippen MR) is 65.4 cm³/mol. The number of hydrogen-bond acceptors (Lipinski definition) is 3. The number of amides is 1. The van der Waals surface area contributed by atoms with Crippen LogP contribution in [0.25, 0.3) is 11.0 Å². The molecule has 0 aliphatic heterocycles. The molecule has 0 unspecified atom stereocenters. The maximum Gasteiger partial charge on any atom is 0.220 e. The van der Waals surface area contributed by atoms with Crippen LogP contribution in [0.4, 0.5) is 0 Å². The molecule has 0 fully saturated rings. The van der Waals surface area contributed by atoms with Gasteiger partial charge in [0.05, 0.1) is 5.52 Å².